The van der Waals surface area contributed by atoms with E-state index in [-0.39, 0.29) is 31.7 Å². The Morgan fingerprint density at radius 1 is 1.48 bits per heavy atom. The lowest BCUT2D eigenvalue weighted by Crippen LogP contribution is -2.28. The first-order valence-electron chi connectivity index (χ1n) is 8.55. The minimum absolute atomic E-state index is 0.0843. The van der Waals surface area contributed by atoms with Crippen molar-refractivity contribution in [3.05, 3.63) is 28.5 Å². The minimum atomic E-state index is -0.714. The van der Waals surface area contributed by atoms with E-state index in [1.165, 1.54) is 6.33 Å². The van der Waals surface area contributed by atoms with Crippen LogP contribution in [0.1, 0.15) is 18.2 Å². The number of azide groups is 1. The topological polar surface area (TPSA) is 159 Å². The Kier molecular flexibility index (Phi) is 7.97. The number of nitrogen functional groups attached to an aromatic ring is 1. The molecule has 0 radical (unpaired) electrons. The molecule has 29 heavy (non-hydrogen) atoms. The van der Waals surface area contributed by atoms with Crippen molar-refractivity contribution in [2.24, 2.45) is 10.8 Å². The maximum absolute atomic E-state index is 8.50. The van der Waals surface area contributed by atoms with Gasteiger partial charge in [-0.1, -0.05) is 34.8 Å². The highest BCUT2D eigenvalue weighted by molar-refractivity contribution is 8.41. The molecule has 3 heterocycles. The van der Waals surface area contributed by atoms with E-state index < -0.39 is 7.53 Å². The van der Waals surface area contributed by atoms with E-state index in [1.54, 1.807) is 0 Å². The first-order valence-corrected chi connectivity index (χ1v) is 13.0. The molecule has 4 N–H and O–H groups in total. The zero-order valence-corrected chi connectivity index (χ0v) is 18.6. The molecule has 0 saturated carbocycles. The van der Waals surface area contributed by atoms with Crippen LogP contribution in [0, 0.1) is 11.8 Å². The van der Waals surface area contributed by atoms with Crippen LogP contribution >= 0.6 is 25.4 Å². The second-order valence-electron chi connectivity index (χ2n) is 6.00. The average Bonchev–Trinajstić information content (AvgIpc) is 3.27. The van der Waals surface area contributed by atoms with E-state index >= 15 is 0 Å². The fraction of sp³-hybridized carbons (Fsp3) is 0.467. The van der Waals surface area contributed by atoms with Gasteiger partial charge in [0, 0.05) is 17.5 Å². The van der Waals surface area contributed by atoms with E-state index in [0.29, 0.717) is 35.4 Å². The third-order valence-electron chi connectivity index (χ3n) is 4.25. The molecular weight excluding hydrogens is 433 g/mol. The quantitative estimate of drug-likeness (QED) is 0.213. The fourth-order valence-electron chi connectivity index (χ4n) is 3.08. The highest BCUT2D eigenvalue weighted by Crippen LogP contribution is 2.54. The summed E-state index contributed by atoms with van der Waals surface area (Å²) in [6.45, 7) is 0.479. The lowest BCUT2D eigenvalue weighted by Gasteiger charge is -2.19. The lowest BCUT2D eigenvalue weighted by molar-refractivity contribution is -0.0525. The number of fused-ring (bicyclic) bond motifs is 1. The molecular formula is C15H21N8O3P3. The summed E-state index contributed by atoms with van der Waals surface area (Å²) in [6.07, 6.45) is 2.70. The van der Waals surface area contributed by atoms with Gasteiger partial charge in [-0.2, -0.15) is 0 Å². The van der Waals surface area contributed by atoms with Crippen LogP contribution in [-0.2, 0) is 14.0 Å². The van der Waals surface area contributed by atoms with Crippen LogP contribution in [0.4, 0.5) is 5.82 Å². The molecule has 3 rings (SSSR count). The van der Waals surface area contributed by atoms with Crippen LogP contribution < -0.4 is 11.5 Å². The third-order valence-corrected chi connectivity index (χ3v) is 5.59. The summed E-state index contributed by atoms with van der Waals surface area (Å²) < 4.78 is 19.5. The molecule has 1 saturated heterocycles. The summed E-state index contributed by atoms with van der Waals surface area (Å²) in [5.74, 6) is 6.18. The Morgan fingerprint density at radius 3 is 3.03 bits per heavy atom. The number of nitrogens with two attached hydrogens (primary N) is 2. The van der Waals surface area contributed by atoms with E-state index in [4.69, 9.17) is 31.0 Å². The van der Waals surface area contributed by atoms with Crippen LogP contribution in [0.15, 0.2) is 17.6 Å². The Morgan fingerprint density at radius 2 is 2.31 bits per heavy atom. The predicted octanol–water partition coefficient (Wildman–Crippen LogP) is 2.26. The number of aromatic nitrogens is 3. The van der Waals surface area contributed by atoms with Gasteiger partial charge in [-0.05, 0) is 5.53 Å². The second-order valence-corrected chi connectivity index (χ2v) is 11.8. The fourth-order valence-corrected chi connectivity index (χ4v) is 3.92. The highest BCUT2D eigenvalue weighted by atomic mass is 32.4. The molecule has 154 valence electrons. The van der Waals surface area contributed by atoms with Crippen LogP contribution in [0.2, 0.25) is 0 Å². The van der Waals surface area contributed by atoms with Crippen LogP contribution in [0.5, 0.6) is 0 Å². The van der Waals surface area contributed by atoms with Gasteiger partial charge in [-0.3, -0.25) is 0 Å². The summed E-state index contributed by atoms with van der Waals surface area (Å²) in [5.41, 5.74) is 21.3. The maximum atomic E-state index is 8.50. The molecule has 2 aromatic heterocycles. The summed E-state index contributed by atoms with van der Waals surface area (Å²) >= 11 is 0. The van der Waals surface area contributed by atoms with Crippen molar-refractivity contribution in [3.8, 4) is 11.8 Å². The van der Waals surface area contributed by atoms with Gasteiger partial charge >= 0.3 is 0 Å². The Balaban J connectivity index is 1.91. The van der Waals surface area contributed by atoms with Gasteiger partial charge in [0.05, 0.1) is 37.7 Å². The monoisotopic (exact) mass is 454 g/mol. The molecule has 11 nitrogen and oxygen atoms in total. The maximum Gasteiger partial charge on any atom is 0.148 e. The molecule has 0 spiro atoms. The molecule has 2 aromatic rings. The van der Waals surface area contributed by atoms with Crippen molar-refractivity contribution in [1.82, 2.24) is 14.5 Å². The zero-order valence-electron chi connectivity index (χ0n) is 15.4. The first-order chi connectivity index (χ1) is 14.0. The van der Waals surface area contributed by atoms with Crippen LogP contribution in [0.3, 0.4) is 0 Å². The Hall–Kier alpha value is -1.58. The van der Waals surface area contributed by atoms with Gasteiger partial charge in [0.15, 0.2) is 0 Å². The number of nitrogens with zero attached hydrogens (tertiary/aromatic N) is 6. The third kappa shape index (κ3) is 5.32. The van der Waals surface area contributed by atoms with Gasteiger partial charge in [-0.15, -0.1) is 0 Å². The molecule has 0 bridgehead atoms. The van der Waals surface area contributed by atoms with Crippen molar-refractivity contribution in [2.75, 3.05) is 25.6 Å². The van der Waals surface area contributed by atoms with Crippen molar-refractivity contribution in [2.45, 2.75) is 24.9 Å². The smallest absolute Gasteiger partial charge is 0.148 e. The number of ether oxygens (including phenoxy) is 2. The van der Waals surface area contributed by atoms with E-state index in [0.717, 1.165) is 0 Å². The lowest BCUT2D eigenvalue weighted by atomic mass is 10.2. The van der Waals surface area contributed by atoms with Gasteiger partial charge in [0.1, 0.15) is 36.9 Å². The summed E-state index contributed by atoms with van der Waals surface area (Å²) in [7, 11) is 4.48. The molecule has 0 amide bonds. The SMILES string of the molecule is [N-]=[N+]=NCOC1CC(n2cc(C#CCN)c3c(N)ncnc32)OC1COP(P)P. The molecule has 0 aromatic carbocycles. The van der Waals surface area contributed by atoms with Crippen molar-refractivity contribution < 1.29 is 14.0 Å². The van der Waals surface area contributed by atoms with E-state index in [9.17, 15) is 0 Å². The second kappa shape index (κ2) is 10.4. The van der Waals surface area contributed by atoms with Gasteiger partial charge in [0.2, 0.25) is 0 Å². The molecule has 1 aliphatic heterocycles. The van der Waals surface area contributed by atoms with E-state index in [1.807, 2.05) is 10.8 Å². The molecule has 14 heteroatoms. The number of hydrogen-bond acceptors (Lipinski definition) is 8. The first kappa shape index (κ1) is 22.1. The molecule has 5 atom stereocenters. The average molecular weight is 454 g/mol. The molecule has 5 unspecified atom stereocenters. The Labute approximate surface area is 172 Å². The summed E-state index contributed by atoms with van der Waals surface area (Å²) in [5, 5.41) is 4.10. The number of rotatable bonds is 7. The van der Waals surface area contributed by atoms with Crippen LogP contribution in [0.25, 0.3) is 21.5 Å². The van der Waals surface area contributed by atoms with Gasteiger partial charge in [0.25, 0.3) is 0 Å². The largest absolute Gasteiger partial charge is 0.383 e. The normalized spacial score (nSPS) is 21.2. The number of anilines is 1. The van der Waals surface area contributed by atoms with E-state index in [2.05, 4.69) is 49.7 Å². The highest BCUT2D eigenvalue weighted by Gasteiger charge is 2.38. The summed E-state index contributed by atoms with van der Waals surface area (Å²) in [4.78, 5) is 11.1. The van der Waals surface area contributed by atoms with Crippen molar-refractivity contribution >= 4 is 42.2 Å². The number of hydrogen-bond donors (Lipinski definition) is 2. The van der Waals surface area contributed by atoms with Gasteiger partial charge < -0.3 is 30.0 Å². The Bertz CT molecular complexity index is 969. The van der Waals surface area contributed by atoms with Crippen molar-refractivity contribution in [3.63, 3.8) is 0 Å². The molecule has 0 aliphatic carbocycles. The standard InChI is InChI=1S/C15H21N8O3P3/c16-3-1-2-9-5-23(15-13(9)14(17)19-7-20-15)12-4-10(24-8-21-22-18)11(26-12)6-25-29(27)28/h5,7,10-12H,3-4,6,8,16,27-28H2,(H2,17,19,20). The molecule has 1 aliphatic rings. The molecule has 1 fully saturated rings. The van der Waals surface area contributed by atoms with Crippen LogP contribution in [-0.4, -0.2) is 46.6 Å². The van der Waals surface area contributed by atoms with Crippen molar-refractivity contribution in [1.29, 1.82) is 0 Å². The minimum Gasteiger partial charge on any atom is -0.383 e. The predicted molar refractivity (Wildman–Crippen MR) is 118 cm³/mol. The summed E-state index contributed by atoms with van der Waals surface area (Å²) in [6, 6.07) is 0. The zero-order chi connectivity index (χ0) is 20.8. The van der Waals surface area contributed by atoms with Gasteiger partial charge in [-0.25, -0.2) is 9.97 Å².